The van der Waals surface area contributed by atoms with Gasteiger partial charge in [0.15, 0.2) is 0 Å². The van der Waals surface area contributed by atoms with Crippen molar-refractivity contribution >= 4 is 0 Å². The van der Waals surface area contributed by atoms with Gasteiger partial charge in [-0.15, -0.1) is 0 Å². The Morgan fingerprint density at radius 2 is 1.83 bits per heavy atom. The molecule has 0 aliphatic carbocycles. The zero-order chi connectivity index (χ0) is 13.0. The molecule has 1 aromatic carbocycles. The van der Waals surface area contributed by atoms with E-state index in [-0.39, 0.29) is 12.5 Å². The van der Waals surface area contributed by atoms with Crippen molar-refractivity contribution in [3.63, 3.8) is 0 Å². The number of nitriles is 1. The zero-order valence-electron chi connectivity index (χ0n) is 10.00. The molecule has 1 aliphatic heterocycles. The molecule has 0 aromatic heterocycles. The lowest BCUT2D eigenvalue weighted by Crippen LogP contribution is -2.45. The maximum absolute atomic E-state index is 13.2. The maximum Gasteiger partial charge on any atom is 0.126 e. The third kappa shape index (κ3) is 3.03. The number of rotatable bonds is 3. The van der Waals surface area contributed by atoms with Gasteiger partial charge >= 0.3 is 0 Å². The molecule has 1 atom stereocenters. The smallest absolute Gasteiger partial charge is 0.126 e. The van der Waals surface area contributed by atoms with Crippen LogP contribution in [-0.2, 0) is 0 Å². The van der Waals surface area contributed by atoms with Crippen molar-refractivity contribution in [3.8, 4) is 6.07 Å². The fourth-order valence-corrected chi connectivity index (χ4v) is 2.31. The Hall–Kier alpha value is -1.51. The van der Waals surface area contributed by atoms with E-state index in [1.54, 1.807) is 0 Å². The molecule has 1 aliphatic rings. The van der Waals surface area contributed by atoms with Crippen molar-refractivity contribution in [1.82, 2.24) is 10.2 Å². The van der Waals surface area contributed by atoms with Crippen molar-refractivity contribution in [2.45, 2.75) is 12.5 Å². The highest BCUT2D eigenvalue weighted by atomic mass is 19.1. The predicted molar refractivity (Wildman–Crippen MR) is 63.8 cm³/mol. The molecule has 0 radical (unpaired) electrons. The summed E-state index contributed by atoms with van der Waals surface area (Å²) < 4.78 is 26.5. The quantitative estimate of drug-likeness (QED) is 0.890. The molecule has 5 heteroatoms. The van der Waals surface area contributed by atoms with E-state index >= 15 is 0 Å². The van der Waals surface area contributed by atoms with Gasteiger partial charge in [-0.05, 0) is 17.7 Å². The second kappa shape index (κ2) is 5.89. The van der Waals surface area contributed by atoms with Crippen LogP contribution in [0.2, 0.25) is 0 Å². The molecule has 1 fully saturated rings. The maximum atomic E-state index is 13.2. The van der Waals surface area contributed by atoms with E-state index in [4.69, 9.17) is 5.26 Å². The first-order valence-corrected chi connectivity index (χ1v) is 5.98. The van der Waals surface area contributed by atoms with E-state index in [9.17, 15) is 8.78 Å². The molecule has 18 heavy (non-hydrogen) atoms. The van der Waals surface area contributed by atoms with E-state index in [0.717, 1.165) is 32.2 Å². The minimum atomic E-state index is -0.594. The number of hydrogen-bond donors (Lipinski definition) is 1. The van der Waals surface area contributed by atoms with E-state index in [1.165, 1.54) is 12.1 Å². The first-order valence-electron chi connectivity index (χ1n) is 5.98. The monoisotopic (exact) mass is 251 g/mol. The van der Waals surface area contributed by atoms with Gasteiger partial charge in [0.25, 0.3) is 0 Å². The van der Waals surface area contributed by atoms with Crippen LogP contribution in [0, 0.1) is 23.0 Å². The lowest BCUT2D eigenvalue weighted by molar-refractivity contribution is 0.175. The zero-order valence-corrected chi connectivity index (χ0v) is 10.00. The van der Waals surface area contributed by atoms with E-state index < -0.39 is 11.6 Å². The molecule has 1 N–H and O–H groups in total. The Morgan fingerprint density at radius 3 is 2.39 bits per heavy atom. The predicted octanol–water partition coefficient (Wildman–Crippen LogP) is 1.82. The SMILES string of the molecule is N#CC[C@@H](c1cc(F)cc(F)c1)N1CCNCC1. The van der Waals surface area contributed by atoms with Gasteiger partial charge in [-0.25, -0.2) is 8.78 Å². The van der Waals surface area contributed by atoms with Crippen LogP contribution in [0.25, 0.3) is 0 Å². The molecule has 1 saturated heterocycles. The molecule has 3 nitrogen and oxygen atoms in total. The molecule has 1 heterocycles. The normalized spacial score (nSPS) is 18.3. The van der Waals surface area contributed by atoms with Crippen molar-refractivity contribution in [2.24, 2.45) is 0 Å². The van der Waals surface area contributed by atoms with Crippen molar-refractivity contribution in [2.75, 3.05) is 26.2 Å². The van der Waals surface area contributed by atoms with Crippen LogP contribution in [0.4, 0.5) is 8.78 Å². The second-order valence-electron chi connectivity index (χ2n) is 4.37. The Kier molecular flexibility index (Phi) is 4.24. The van der Waals surface area contributed by atoms with Crippen molar-refractivity contribution in [3.05, 3.63) is 35.4 Å². The summed E-state index contributed by atoms with van der Waals surface area (Å²) in [5.41, 5.74) is 0.538. The summed E-state index contributed by atoms with van der Waals surface area (Å²) in [5.74, 6) is -1.19. The number of hydrogen-bond acceptors (Lipinski definition) is 3. The molecule has 2 rings (SSSR count). The van der Waals surface area contributed by atoms with Gasteiger partial charge in [0, 0.05) is 38.3 Å². The Balaban J connectivity index is 2.25. The molecule has 0 spiro atoms. The number of nitrogens with zero attached hydrogens (tertiary/aromatic N) is 2. The summed E-state index contributed by atoms with van der Waals surface area (Å²) in [7, 11) is 0. The summed E-state index contributed by atoms with van der Waals surface area (Å²) in [6.07, 6.45) is 0.239. The number of piperazine rings is 1. The largest absolute Gasteiger partial charge is 0.314 e. The lowest BCUT2D eigenvalue weighted by atomic mass is 10.0. The molecule has 96 valence electrons. The highest BCUT2D eigenvalue weighted by Gasteiger charge is 2.22. The third-order valence-corrected chi connectivity index (χ3v) is 3.15. The second-order valence-corrected chi connectivity index (χ2v) is 4.37. The van der Waals surface area contributed by atoms with Gasteiger partial charge in [-0.3, -0.25) is 4.90 Å². The molecular formula is C13H15F2N3. The Morgan fingerprint density at radius 1 is 1.22 bits per heavy atom. The van der Waals surface area contributed by atoms with E-state index in [0.29, 0.717) is 5.56 Å². The van der Waals surface area contributed by atoms with Gasteiger partial charge in [0.2, 0.25) is 0 Å². The van der Waals surface area contributed by atoms with Crippen LogP contribution in [0.5, 0.6) is 0 Å². The van der Waals surface area contributed by atoms with Gasteiger partial charge in [0.05, 0.1) is 12.5 Å². The van der Waals surface area contributed by atoms with Crippen LogP contribution in [0.15, 0.2) is 18.2 Å². The number of nitrogens with one attached hydrogen (secondary N) is 1. The Bertz CT molecular complexity index is 430. The molecular weight excluding hydrogens is 236 g/mol. The van der Waals surface area contributed by atoms with Gasteiger partial charge in [-0.1, -0.05) is 0 Å². The summed E-state index contributed by atoms with van der Waals surface area (Å²) in [6, 6.07) is 5.34. The summed E-state index contributed by atoms with van der Waals surface area (Å²) in [4.78, 5) is 2.09. The first-order chi connectivity index (χ1) is 8.70. The van der Waals surface area contributed by atoms with E-state index in [1.807, 2.05) is 0 Å². The van der Waals surface area contributed by atoms with Gasteiger partial charge < -0.3 is 5.32 Å². The highest BCUT2D eigenvalue weighted by molar-refractivity contribution is 5.22. The summed E-state index contributed by atoms with van der Waals surface area (Å²) in [6.45, 7) is 3.23. The molecule has 0 saturated carbocycles. The fourth-order valence-electron chi connectivity index (χ4n) is 2.31. The minimum absolute atomic E-state index is 0.234. The van der Waals surface area contributed by atoms with Gasteiger partial charge in [0.1, 0.15) is 11.6 Å². The Labute approximate surface area is 105 Å². The topological polar surface area (TPSA) is 39.1 Å². The molecule has 0 unspecified atom stereocenters. The standard InChI is InChI=1S/C13H15F2N3/c14-11-7-10(8-12(15)9-11)13(1-2-16)18-5-3-17-4-6-18/h7-9,13,17H,1,3-6H2/t13-/m0/s1. The number of benzene rings is 1. The van der Waals surface area contributed by atoms with Crippen molar-refractivity contribution < 1.29 is 8.78 Å². The van der Waals surface area contributed by atoms with Crippen LogP contribution in [0.1, 0.15) is 18.0 Å². The molecule has 0 amide bonds. The first kappa shape index (κ1) is 12.9. The minimum Gasteiger partial charge on any atom is -0.314 e. The van der Waals surface area contributed by atoms with Crippen LogP contribution in [0.3, 0.4) is 0 Å². The molecule has 0 bridgehead atoms. The molecule has 1 aromatic rings. The number of halogens is 2. The van der Waals surface area contributed by atoms with Crippen LogP contribution < -0.4 is 5.32 Å². The van der Waals surface area contributed by atoms with Gasteiger partial charge in [-0.2, -0.15) is 5.26 Å². The van der Waals surface area contributed by atoms with Crippen LogP contribution >= 0.6 is 0 Å². The average Bonchev–Trinajstić information content (AvgIpc) is 2.36. The van der Waals surface area contributed by atoms with E-state index in [2.05, 4.69) is 16.3 Å². The lowest BCUT2D eigenvalue weighted by Gasteiger charge is -2.34. The van der Waals surface area contributed by atoms with Crippen LogP contribution in [-0.4, -0.2) is 31.1 Å². The summed E-state index contributed by atoms with van der Waals surface area (Å²) >= 11 is 0. The summed E-state index contributed by atoms with van der Waals surface area (Å²) in [5, 5.41) is 12.1. The third-order valence-electron chi connectivity index (χ3n) is 3.15. The van der Waals surface area contributed by atoms with Crippen molar-refractivity contribution in [1.29, 1.82) is 5.26 Å². The fraction of sp³-hybridized carbons (Fsp3) is 0.462. The average molecular weight is 251 g/mol. The highest BCUT2D eigenvalue weighted by Crippen LogP contribution is 2.25.